The fourth-order valence-electron chi connectivity index (χ4n) is 2.80. The maximum atomic E-state index is 12.1. The van der Waals surface area contributed by atoms with Crippen LogP contribution in [-0.4, -0.2) is 37.6 Å². The molecular formula is C20H22ClN3O3. The van der Waals surface area contributed by atoms with Crippen molar-refractivity contribution in [2.75, 3.05) is 30.3 Å². The monoisotopic (exact) mass is 387 g/mol. The van der Waals surface area contributed by atoms with Crippen molar-refractivity contribution < 1.29 is 14.3 Å². The number of nitrogens with one attached hydrogen (secondary N) is 3. The van der Waals surface area contributed by atoms with Crippen molar-refractivity contribution in [3.8, 4) is 0 Å². The molecule has 3 rings (SSSR count). The van der Waals surface area contributed by atoms with Gasteiger partial charge in [0.1, 0.15) is 0 Å². The summed E-state index contributed by atoms with van der Waals surface area (Å²) in [7, 11) is 0. The molecule has 2 aromatic carbocycles. The fourth-order valence-corrected chi connectivity index (χ4v) is 3.01. The molecule has 1 aliphatic rings. The zero-order valence-corrected chi connectivity index (χ0v) is 15.6. The molecule has 0 bridgehead atoms. The molecule has 2 aromatic rings. The first kappa shape index (κ1) is 19.2. The molecule has 7 heteroatoms. The maximum absolute atomic E-state index is 12.1. The van der Waals surface area contributed by atoms with Crippen LogP contribution < -0.4 is 16.0 Å². The number of carbonyl (C=O) groups excluding carboxylic acids is 2. The Morgan fingerprint density at radius 1 is 1.11 bits per heavy atom. The Morgan fingerprint density at radius 2 is 1.89 bits per heavy atom. The third kappa shape index (κ3) is 5.70. The number of rotatable bonds is 7. The largest absolute Gasteiger partial charge is 0.376 e. The van der Waals surface area contributed by atoms with Gasteiger partial charge in [0, 0.05) is 24.4 Å². The zero-order chi connectivity index (χ0) is 19.1. The highest BCUT2D eigenvalue weighted by Crippen LogP contribution is 2.20. The summed E-state index contributed by atoms with van der Waals surface area (Å²) in [5.41, 5.74) is 1.87. The van der Waals surface area contributed by atoms with Gasteiger partial charge in [-0.1, -0.05) is 23.7 Å². The molecule has 1 fully saturated rings. The van der Waals surface area contributed by atoms with Crippen molar-refractivity contribution in [3.63, 3.8) is 0 Å². The van der Waals surface area contributed by atoms with Gasteiger partial charge >= 0.3 is 0 Å². The van der Waals surface area contributed by atoms with E-state index < -0.39 is 0 Å². The van der Waals surface area contributed by atoms with Gasteiger partial charge in [-0.05, 0) is 49.2 Å². The van der Waals surface area contributed by atoms with Crippen LogP contribution >= 0.6 is 11.6 Å². The lowest BCUT2D eigenvalue weighted by Crippen LogP contribution is -2.31. The minimum absolute atomic E-state index is 0.0906. The standard InChI is InChI=1S/C20H22ClN3O3/c21-17-5-1-2-6-18(17)22-13-19(25)24-15-9-7-14(8-10-15)20(26)23-12-16-4-3-11-27-16/h1-2,5-10,16,22H,3-4,11-13H2,(H,23,26)(H,24,25). The molecule has 0 aliphatic carbocycles. The topological polar surface area (TPSA) is 79.5 Å². The van der Waals surface area contributed by atoms with E-state index in [0.29, 0.717) is 28.5 Å². The second kappa shape index (κ2) is 9.39. The first-order valence-corrected chi connectivity index (χ1v) is 9.28. The average Bonchev–Trinajstić information content (AvgIpc) is 3.20. The van der Waals surface area contributed by atoms with Crippen molar-refractivity contribution in [1.29, 1.82) is 0 Å². The second-order valence-corrected chi connectivity index (χ2v) is 6.71. The van der Waals surface area contributed by atoms with Gasteiger partial charge in [0.05, 0.1) is 23.4 Å². The number of hydrogen-bond donors (Lipinski definition) is 3. The number of carbonyl (C=O) groups is 2. The average molecular weight is 388 g/mol. The van der Waals surface area contributed by atoms with Gasteiger partial charge in [-0.2, -0.15) is 0 Å². The minimum Gasteiger partial charge on any atom is -0.376 e. The van der Waals surface area contributed by atoms with Crippen molar-refractivity contribution >= 4 is 34.8 Å². The fraction of sp³-hybridized carbons (Fsp3) is 0.300. The first-order chi connectivity index (χ1) is 13.1. The van der Waals surface area contributed by atoms with Gasteiger partial charge in [0.15, 0.2) is 0 Å². The molecule has 3 N–H and O–H groups in total. The van der Waals surface area contributed by atoms with Gasteiger partial charge in [0.25, 0.3) is 5.91 Å². The van der Waals surface area contributed by atoms with Crippen LogP contribution in [0.25, 0.3) is 0 Å². The molecule has 1 aliphatic heterocycles. The highest BCUT2D eigenvalue weighted by molar-refractivity contribution is 6.33. The molecule has 0 saturated carbocycles. The molecule has 142 valence electrons. The molecular weight excluding hydrogens is 366 g/mol. The van der Waals surface area contributed by atoms with Crippen LogP contribution in [-0.2, 0) is 9.53 Å². The molecule has 0 spiro atoms. The lowest BCUT2D eigenvalue weighted by molar-refractivity contribution is -0.114. The molecule has 1 heterocycles. The Balaban J connectivity index is 1.45. The van der Waals surface area contributed by atoms with E-state index in [4.69, 9.17) is 16.3 Å². The molecule has 6 nitrogen and oxygen atoms in total. The molecule has 27 heavy (non-hydrogen) atoms. The number of hydrogen-bond acceptors (Lipinski definition) is 4. The third-order valence-corrected chi connectivity index (χ3v) is 4.59. The SMILES string of the molecule is O=C(CNc1ccccc1Cl)Nc1ccc(C(=O)NCC2CCCO2)cc1. The van der Waals surface area contributed by atoms with Crippen LogP contribution in [0.2, 0.25) is 5.02 Å². The number of amides is 2. The Morgan fingerprint density at radius 3 is 2.59 bits per heavy atom. The van der Waals surface area contributed by atoms with Crippen LogP contribution in [0.3, 0.4) is 0 Å². The molecule has 1 unspecified atom stereocenters. The summed E-state index contributed by atoms with van der Waals surface area (Å²) in [6, 6.07) is 14.0. The summed E-state index contributed by atoms with van der Waals surface area (Å²) >= 11 is 6.04. The highest BCUT2D eigenvalue weighted by atomic mass is 35.5. The first-order valence-electron chi connectivity index (χ1n) is 8.90. The summed E-state index contributed by atoms with van der Waals surface area (Å²) in [5.74, 6) is -0.353. The van der Waals surface area contributed by atoms with Gasteiger partial charge in [-0.25, -0.2) is 0 Å². The highest BCUT2D eigenvalue weighted by Gasteiger charge is 2.16. The summed E-state index contributed by atoms with van der Waals surface area (Å²) in [4.78, 5) is 24.2. The van der Waals surface area contributed by atoms with Crippen LogP contribution in [0.15, 0.2) is 48.5 Å². The van der Waals surface area contributed by atoms with E-state index in [2.05, 4.69) is 16.0 Å². The number of benzene rings is 2. The number of para-hydroxylation sites is 1. The van der Waals surface area contributed by atoms with E-state index in [-0.39, 0.29) is 24.5 Å². The van der Waals surface area contributed by atoms with E-state index in [9.17, 15) is 9.59 Å². The lowest BCUT2D eigenvalue weighted by Gasteiger charge is -2.11. The summed E-state index contributed by atoms with van der Waals surface area (Å²) < 4.78 is 5.49. The lowest BCUT2D eigenvalue weighted by atomic mass is 10.2. The van der Waals surface area contributed by atoms with Gasteiger partial charge in [0.2, 0.25) is 5.91 Å². The third-order valence-electron chi connectivity index (χ3n) is 4.26. The van der Waals surface area contributed by atoms with E-state index >= 15 is 0 Å². The summed E-state index contributed by atoms with van der Waals surface area (Å²) in [6.45, 7) is 1.37. The number of halogens is 1. The van der Waals surface area contributed by atoms with Crippen LogP contribution in [0.1, 0.15) is 23.2 Å². The van der Waals surface area contributed by atoms with Crippen LogP contribution in [0.4, 0.5) is 11.4 Å². The number of ether oxygens (including phenoxy) is 1. The van der Waals surface area contributed by atoms with E-state index in [1.54, 1.807) is 36.4 Å². The number of anilines is 2. The summed E-state index contributed by atoms with van der Waals surface area (Å²) in [5, 5.41) is 9.19. The smallest absolute Gasteiger partial charge is 0.251 e. The second-order valence-electron chi connectivity index (χ2n) is 6.30. The quantitative estimate of drug-likeness (QED) is 0.681. The maximum Gasteiger partial charge on any atom is 0.251 e. The zero-order valence-electron chi connectivity index (χ0n) is 14.8. The minimum atomic E-state index is -0.203. The van der Waals surface area contributed by atoms with E-state index in [0.717, 1.165) is 19.4 Å². The van der Waals surface area contributed by atoms with Crippen LogP contribution in [0.5, 0.6) is 0 Å². The molecule has 1 saturated heterocycles. The Bertz CT molecular complexity index is 789. The Hall–Kier alpha value is -2.57. The van der Waals surface area contributed by atoms with Gasteiger partial charge in [-0.15, -0.1) is 0 Å². The predicted octanol–water partition coefficient (Wildman–Crippen LogP) is 3.30. The Kier molecular flexibility index (Phi) is 6.68. The summed E-state index contributed by atoms with van der Waals surface area (Å²) in [6.07, 6.45) is 2.13. The predicted molar refractivity (Wildman–Crippen MR) is 106 cm³/mol. The van der Waals surface area contributed by atoms with Gasteiger partial charge < -0.3 is 20.7 Å². The van der Waals surface area contributed by atoms with E-state index in [1.165, 1.54) is 0 Å². The molecule has 1 atom stereocenters. The van der Waals surface area contributed by atoms with Crippen molar-refractivity contribution in [2.24, 2.45) is 0 Å². The van der Waals surface area contributed by atoms with Gasteiger partial charge in [-0.3, -0.25) is 9.59 Å². The van der Waals surface area contributed by atoms with Crippen molar-refractivity contribution in [3.05, 3.63) is 59.1 Å². The van der Waals surface area contributed by atoms with Crippen molar-refractivity contribution in [1.82, 2.24) is 5.32 Å². The van der Waals surface area contributed by atoms with Crippen molar-refractivity contribution in [2.45, 2.75) is 18.9 Å². The molecule has 0 aromatic heterocycles. The van der Waals surface area contributed by atoms with E-state index in [1.807, 2.05) is 12.1 Å². The normalized spacial score (nSPS) is 16.0. The Labute approximate surface area is 163 Å². The molecule has 2 amide bonds. The van der Waals surface area contributed by atoms with Crippen LogP contribution in [0, 0.1) is 0 Å². The molecule has 0 radical (unpaired) electrons.